The third-order valence-corrected chi connectivity index (χ3v) is 3.12. The van der Waals surface area contributed by atoms with Crippen molar-refractivity contribution in [1.29, 1.82) is 0 Å². The molecule has 0 fully saturated rings. The summed E-state index contributed by atoms with van der Waals surface area (Å²) in [5.41, 5.74) is 5.75. The molecule has 0 bridgehead atoms. The van der Waals surface area contributed by atoms with Gasteiger partial charge in [-0.25, -0.2) is 9.59 Å². The van der Waals surface area contributed by atoms with Gasteiger partial charge in [0.1, 0.15) is 0 Å². The lowest BCUT2D eigenvalue weighted by Crippen LogP contribution is -2.44. The molecule has 0 aliphatic heterocycles. The molecule has 7 heteroatoms. The lowest BCUT2D eigenvalue weighted by molar-refractivity contribution is -0.138. The van der Waals surface area contributed by atoms with E-state index in [0.717, 1.165) is 0 Å². The molecule has 0 unspecified atom stereocenters. The predicted octanol–water partition coefficient (Wildman–Crippen LogP) is 1.98. The van der Waals surface area contributed by atoms with Crippen LogP contribution in [0.1, 0.15) is 38.1 Å². The number of nitrogens with one attached hydrogen (secondary N) is 1. The van der Waals surface area contributed by atoms with Gasteiger partial charge in [-0.1, -0.05) is 0 Å². The summed E-state index contributed by atoms with van der Waals surface area (Å²) in [5, 5.41) is 2.39. The largest absolute Gasteiger partial charge is 0.452 e. The Kier molecular flexibility index (Phi) is 6.56. The first-order valence-corrected chi connectivity index (χ1v) is 7.37. The minimum atomic E-state index is -0.687. The van der Waals surface area contributed by atoms with Crippen molar-refractivity contribution in [2.75, 3.05) is 11.9 Å². The summed E-state index contributed by atoms with van der Waals surface area (Å²) >= 11 is 0. The van der Waals surface area contributed by atoms with Gasteiger partial charge in [-0.3, -0.25) is 4.79 Å². The Bertz CT molecular complexity index is 559. The van der Waals surface area contributed by atoms with Crippen LogP contribution in [0.4, 0.5) is 10.5 Å². The van der Waals surface area contributed by atoms with Gasteiger partial charge in [-0.2, -0.15) is 0 Å². The monoisotopic (exact) mass is 321 g/mol. The molecule has 0 radical (unpaired) electrons. The van der Waals surface area contributed by atoms with Gasteiger partial charge in [0.25, 0.3) is 5.91 Å². The number of benzene rings is 1. The number of carbonyl (C=O) groups excluding carboxylic acids is 3. The summed E-state index contributed by atoms with van der Waals surface area (Å²) < 4.78 is 5.05. The zero-order valence-corrected chi connectivity index (χ0v) is 13.8. The number of primary amides is 1. The number of urea groups is 1. The van der Waals surface area contributed by atoms with Crippen LogP contribution in [0.25, 0.3) is 0 Å². The standard InChI is InChI=1S/C16H23N3O4/c1-10(2)19(11(3)4)14(20)9-23-15(21)12-5-7-13(8-6-12)18-16(17)22/h5-8,10-11H,9H2,1-4H3,(H3,17,18,22). The van der Waals surface area contributed by atoms with Crippen molar-refractivity contribution in [3.63, 3.8) is 0 Å². The molecule has 3 amide bonds. The lowest BCUT2D eigenvalue weighted by Gasteiger charge is -2.30. The summed E-state index contributed by atoms with van der Waals surface area (Å²) in [5.74, 6) is -0.841. The Labute approximate surface area is 135 Å². The third kappa shape index (κ3) is 5.61. The highest BCUT2D eigenvalue weighted by Gasteiger charge is 2.21. The Hall–Kier alpha value is -2.57. The summed E-state index contributed by atoms with van der Waals surface area (Å²) in [6.45, 7) is 7.32. The number of amides is 3. The van der Waals surface area contributed by atoms with Gasteiger partial charge in [0.15, 0.2) is 6.61 Å². The van der Waals surface area contributed by atoms with Gasteiger partial charge in [0.2, 0.25) is 0 Å². The highest BCUT2D eigenvalue weighted by molar-refractivity contribution is 5.93. The molecule has 1 aromatic rings. The van der Waals surface area contributed by atoms with Gasteiger partial charge < -0.3 is 20.7 Å². The molecule has 0 aromatic heterocycles. The van der Waals surface area contributed by atoms with E-state index < -0.39 is 12.0 Å². The van der Waals surface area contributed by atoms with E-state index in [1.54, 1.807) is 4.90 Å². The molecular weight excluding hydrogens is 298 g/mol. The maximum Gasteiger partial charge on any atom is 0.338 e. The average molecular weight is 321 g/mol. The van der Waals surface area contributed by atoms with Crippen LogP contribution in [0.5, 0.6) is 0 Å². The van der Waals surface area contributed by atoms with Crippen LogP contribution in [-0.2, 0) is 9.53 Å². The second-order valence-corrected chi connectivity index (χ2v) is 5.63. The number of anilines is 1. The number of rotatable bonds is 6. The van der Waals surface area contributed by atoms with E-state index >= 15 is 0 Å². The van der Waals surface area contributed by atoms with Crippen molar-refractivity contribution in [2.24, 2.45) is 5.73 Å². The number of nitrogens with zero attached hydrogens (tertiary/aromatic N) is 1. The SMILES string of the molecule is CC(C)N(C(=O)COC(=O)c1ccc(NC(N)=O)cc1)C(C)C. The first-order valence-electron chi connectivity index (χ1n) is 7.37. The highest BCUT2D eigenvalue weighted by Crippen LogP contribution is 2.11. The number of hydrogen-bond acceptors (Lipinski definition) is 4. The van der Waals surface area contributed by atoms with Crippen LogP contribution >= 0.6 is 0 Å². The van der Waals surface area contributed by atoms with Crippen LogP contribution in [0.2, 0.25) is 0 Å². The molecule has 1 rings (SSSR count). The van der Waals surface area contributed by atoms with E-state index in [1.165, 1.54) is 24.3 Å². The quantitative estimate of drug-likeness (QED) is 0.782. The molecule has 0 atom stereocenters. The predicted molar refractivity (Wildman–Crippen MR) is 87.0 cm³/mol. The summed E-state index contributed by atoms with van der Waals surface area (Å²) in [4.78, 5) is 36.4. The molecule has 0 aliphatic rings. The molecule has 7 nitrogen and oxygen atoms in total. The van der Waals surface area contributed by atoms with E-state index in [-0.39, 0.29) is 30.2 Å². The van der Waals surface area contributed by atoms with E-state index in [9.17, 15) is 14.4 Å². The number of ether oxygens (including phenoxy) is 1. The Morgan fingerprint density at radius 2 is 1.61 bits per heavy atom. The first kappa shape index (κ1) is 18.5. The average Bonchev–Trinajstić information content (AvgIpc) is 2.44. The smallest absolute Gasteiger partial charge is 0.338 e. The van der Waals surface area contributed by atoms with E-state index in [1.807, 2.05) is 27.7 Å². The van der Waals surface area contributed by atoms with Crippen LogP contribution in [0.3, 0.4) is 0 Å². The molecule has 0 heterocycles. The van der Waals surface area contributed by atoms with Gasteiger partial charge >= 0.3 is 12.0 Å². The number of esters is 1. The molecule has 1 aromatic carbocycles. The zero-order valence-electron chi connectivity index (χ0n) is 13.8. The minimum Gasteiger partial charge on any atom is -0.452 e. The maximum absolute atomic E-state index is 12.1. The molecule has 23 heavy (non-hydrogen) atoms. The van der Waals surface area contributed by atoms with Gasteiger partial charge in [0, 0.05) is 17.8 Å². The Balaban J connectivity index is 2.62. The topological polar surface area (TPSA) is 102 Å². The highest BCUT2D eigenvalue weighted by atomic mass is 16.5. The fourth-order valence-electron chi connectivity index (χ4n) is 2.29. The van der Waals surface area contributed by atoms with Crippen molar-refractivity contribution >= 4 is 23.6 Å². The van der Waals surface area contributed by atoms with Gasteiger partial charge in [-0.15, -0.1) is 0 Å². The molecule has 0 saturated carbocycles. The van der Waals surface area contributed by atoms with E-state index in [2.05, 4.69) is 5.32 Å². The van der Waals surface area contributed by atoms with Gasteiger partial charge in [0.05, 0.1) is 5.56 Å². The van der Waals surface area contributed by atoms with E-state index in [0.29, 0.717) is 5.69 Å². The van der Waals surface area contributed by atoms with Crippen LogP contribution in [0.15, 0.2) is 24.3 Å². The fourth-order valence-corrected chi connectivity index (χ4v) is 2.29. The minimum absolute atomic E-state index is 0.0281. The number of hydrogen-bond donors (Lipinski definition) is 2. The van der Waals surface area contributed by atoms with Crippen molar-refractivity contribution in [1.82, 2.24) is 4.90 Å². The molecular formula is C16H23N3O4. The van der Waals surface area contributed by atoms with Crippen LogP contribution in [-0.4, -0.2) is 41.5 Å². The summed E-state index contributed by atoms with van der Waals surface area (Å²) in [6.07, 6.45) is 0. The second-order valence-electron chi connectivity index (χ2n) is 5.63. The van der Waals surface area contributed by atoms with Crippen molar-refractivity contribution in [3.8, 4) is 0 Å². The van der Waals surface area contributed by atoms with Crippen molar-refractivity contribution in [3.05, 3.63) is 29.8 Å². The summed E-state index contributed by atoms with van der Waals surface area (Å²) in [6, 6.07) is 5.39. The molecule has 3 N–H and O–H groups in total. The zero-order chi connectivity index (χ0) is 17.6. The second kappa shape index (κ2) is 8.17. The van der Waals surface area contributed by atoms with Crippen LogP contribution in [0, 0.1) is 0 Å². The molecule has 0 spiro atoms. The van der Waals surface area contributed by atoms with Gasteiger partial charge in [-0.05, 0) is 52.0 Å². The third-order valence-electron chi connectivity index (χ3n) is 3.12. The maximum atomic E-state index is 12.1. The molecule has 126 valence electrons. The van der Waals surface area contributed by atoms with Crippen LogP contribution < -0.4 is 11.1 Å². The number of carbonyl (C=O) groups is 3. The Morgan fingerprint density at radius 1 is 1.09 bits per heavy atom. The first-order chi connectivity index (χ1) is 10.7. The van der Waals surface area contributed by atoms with Crippen molar-refractivity contribution < 1.29 is 19.1 Å². The lowest BCUT2D eigenvalue weighted by atomic mass is 10.2. The number of nitrogens with two attached hydrogens (primary N) is 1. The fraction of sp³-hybridized carbons (Fsp3) is 0.438. The van der Waals surface area contributed by atoms with Crippen molar-refractivity contribution in [2.45, 2.75) is 39.8 Å². The molecule has 0 aliphatic carbocycles. The normalized spacial score (nSPS) is 10.5. The summed E-state index contributed by atoms with van der Waals surface area (Å²) in [7, 11) is 0. The molecule has 0 saturated heterocycles. The Morgan fingerprint density at radius 3 is 2.04 bits per heavy atom. The van der Waals surface area contributed by atoms with E-state index in [4.69, 9.17) is 10.5 Å².